The minimum atomic E-state index is -1.26. The van der Waals surface area contributed by atoms with E-state index in [-0.39, 0.29) is 17.3 Å². The van der Waals surface area contributed by atoms with E-state index in [0.29, 0.717) is 14.9 Å². The number of hydrogen-bond acceptors (Lipinski definition) is 7. The Morgan fingerprint density at radius 2 is 1.58 bits per heavy atom. The smallest absolute Gasteiger partial charge is 0.295 e. The van der Waals surface area contributed by atoms with Crippen LogP contribution in [0.5, 0.6) is 0 Å². The van der Waals surface area contributed by atoms with Crippen LogP contribution in [0.15, 0.2) is 94.7 Å². The molecular formula is C27H22N6O4S. The van der Waals surface area contributed by atoms with E-state index in [1.54, 1.807) is 42.1 Å². The van der Waals surface area contributed by atoms with Gasteiger partial charge in [-0.15, -0.1) is 0 Å². The lowest BCUT2D eigenvalue weighted by molar-refractivity contribution is -0.384. The van der Waals surface area contributed by atoms with Gasteiger partial charge in [-0.1, -0.05) is 84.1 Å². The molecule has 6 rings (SSSR count). The number of nitrogens with zero attached hydrogens (tertiary/aromatic N) is 5. The molecule has 2 amide bonds. The molecule has 0 aliphatic carbocycles. The van der Waals surface area contributed by atoms with Gasteiger partial charge in [0.25, 0.3) is 11.2 Å². The Hall–Kier alpha value is -4.77. The number of benzene rings is 3. The number of nitro benzene ring substituents is 1. The molecule has 3 heterocycles. The van der Waals surface area contributed by atoms with E-state index in [2.05, 4.69) is 5.43 Å². The highest BCUT2D eigenvalue weighted by Gasteiger charge is 2.69. The van der Waals surface area contributed by atoms with Crippen LogP contribution in [-0.4, -0.2) is 39.5 Å². The van der Waals surface area contributed by atoms with Gasteiger partial charge in [-0.05, 0) is 11.6 Å². The number of carbonyl (C=O) groups excluding carboxylic acids is 1. The zero-order valence-electron chi connectivity index (χ0n) is 20.4. The van der Waals surface area contributed by atoms with E-state index in [1.165, 1.54) is 16.8 Å². The maximum atomic E-state index is 13.7. The summed E-state index contributed by atoms with van der Waals surface area (Å²) in [5.41, 5.74) is 2.50. The van der Waals surface area contributed by atoms with Gasteiger partial charge in [0.15, 0.2) is 0 Å². The number of non-ortho nitro benzene ring substituents is 1. The van der Waals surface area contributed by atoms with Gasteiger partial charge >= 0.3 is 6.03 Å². The van der Waals surface area contributed by atoms with Crippen molar-refractivity contribution in [3.63, 3.8) is 0 Å². The highest BCUT2D eigenvalue weighted by atomic mass is 32.1. The Labute approximate surface area is 220 Å². The van der Waals surface area contributed by atoms with Crippen molar-refractivity contribution in [1.29, 1.82) is 0 Å². The number of likely N-dealkylation sites (N-methyl/N-ethyl adjacent to an activating group) is 2. The fourth-order valence-electron chi connectivity index (χ4n) is 5.40. The van der Waals surface area contributed by atoms with Gasteiger partial charge in [-0.3, -0.25) is 30.1 Å². The Bertz CT molecular complexity index is 1770. The van der Waals surface area contributed by atoms with Crippen molar-refractivity contribution < 1.29 is 9.72 Å². The number of carbonyl (C=O) groups is 1. The van der Waals surface area contributed by atoms with Crippen molar-refractivity contribution in [2.75, 3.05) is 19.5 Å². The van der Waals surface area contributed by atoms with Crippen molar-refractivity contribution in [2.45, 2.75) is 11.3 Å². The zero-order chi connectivity index (χ0) is 26.7. The normalized spacial score (nSPS) is 22.5. The van der Waals surface area contributed by atoms with Crippen LogP contribution in [0.2, 0.25) is 0 Å². The standard InChI is InChI=1S/C27H22N6O4S/c1-30-25(35)31(2)27(20-13-7-4-8-14-20)26(30,19-11-5-3-6-12-19)28-24-32(29-27)23(34)22(38-24)17-18-10-9-15-21(16-18)33(36)37/h3-17,29H,1-2H3/b22-17-/t26-,27+/m0/s1. The quantitative estimate of drug-likeness (QED) is 0.324. The molecule has 38 heavy (non-hydrogen) atoms. The topological polar surface area (TPSA) is 113 Å². The summed E-state index contributed by atoms with van der Waals surface area (Å²) in [6.07, 6.45) is 1.61. The van der Waals surface area contributed by atoms with E-state index in [0.717, 1.165) is 22.5 Å². The summed E-state index contributed by atoms with van der Waals surface area (Å²) in [4.78, 5) is 46.7. The molecule has 10 nitrogen and oxygen atoms in total. The number of nitro groups is 1. The average Bonchev–Trinajstić information content (AvgIpc) is 3.33. The third kappa shape index (κ3) is 3.08. The molecular weight excluding hydrogens is 504 g/mol. The summed E-state index contributed by atoms with van der Waals surface area (Å²) in [7, 11) is 3.40. The number of hydrogen-bond donors (Lipinski definition) is 1. The monoisotopic (exact) mass is 526 g/mol. The number of rotatable bonds is 4. The fourth-order valence-corrected chi connectivity index (χ4v) is 6.36. The molecule has 2 aliphatic heterocycles. The van der Waals surface area contributed by atoms with E-state index < -0.39 is 16.2 Å². The number of amides is 2. The molecule has 2 aliphatic rings. The highest BCUT2D eigenvalue weighted by molar-refractivity contribution is 7.07. The summed E-state index contributed by atoms with van der Waals surface area (Å²) >= 11 is 1.15. The van der Waals surface area contributed by atoms with Crippen LogP contribution >= 0.6 is 11.3 Å². The third-order valence-corrected chi connectivity index (χ3v) is 8.12. The molecule has 1 N–H and O–H groups in total. The van der Waals surface area contributed by atoms with Crippen LogP contribution in [0.25, 0.3) is 6.08 Å². The predicted octanol–water partition coefficient (Wildman–Crippen LogP) is 2.53. The van der Waals surface area contributed by atoms with Crippen LogP contribution in [0.1, 0.15) is 16.7 Å². The average molecular weight is 527 g/mol. The molecule has 0 radical (unpaired) electrons. The first kappa shape index (κ1) is 23.6. The summed E-state index contributed by atoms with van der Waals surface area (Å²) in [5.74, 6) is 0. The number of fused-ring (bicyclic) bond motifs is 2. The van der Waals surface area contributed by atoms with Gasteiger partial charge in [0, 0.05) is 37.4 Å². The SMILES string of the molecule is CN1C(=O)N(C)[C@]2(c3ccccc3)N=c3s/c(=C\c4cccc([N+](=O)[O-])c4)c(=O)n3N[C@]12c1ccccc1. The maximum absolute atomic E-state index is 13.7. The summed E-state index contributed by atoms with van der Waals surface area (Å²) in [6, 6.07) is 24.8. The van der Waals surface area contributed by atoms with Crippen LogP contribution < -0.4 is 20.3 Å². The molecule has 1 aromatic heterocycles. The second-order valence-corrected chi connectivity index (χ2v) is 10.1. The summed E-state index contributed by atoms with van der Waals surface area (Å²) < 4.78 is 1.71. The second-order valence-electron chi connectivity index (χ2n) is 9.12. The Morgan fingerprint density at radius 3 is 2.24 bits per heavy atom. The van der Waals surface area contributed by atoms with Gasteiger partial charge in [-0.25, -0.2) is 9.79 Å². The first-order chi connectivity index (χ1) is 18.3. The lowest BCUT2D eigenvalue weighted by Gasteiger charge is -2.49. The molecule has 4 aromatic rings. The van der Waals surface area contributed by atoms with Crippen LogP contribution in [0.4, 0.5) is 10.5 Å². The zero-order valence-corrected chi connectivity index (χ0v) is 21.3. The summed E-state index contributed by atoms with van der Waals surface area (Å²) in [5, 5.41) is 11.2. The Morgan fingerprint density at radius 1 is 0.921 bits per heavy atom. The van der Waals surface area contributed by atoms with Crippen molar-refractivity contribution in [3.05, 3.63) is 131 Å². The predicted molar refractivity (Wildman–Crippen MR) is 143 cm³/mol. The van der Waals surface area contributed by atoms with E-state index in [4.69, 9.17) is 4.99 Å². The van der Waals surface area contributed by atoms with Crippen LogP contribution in [0, 0.1) is 10.1 Å². The Kier molecular flexibility index (Phi) is 5.21. The first-order valence-electron chi connectivity index (χ1n) is 11.8. The highest BCUT2D eigenvalue weighted by Crippen LogP contribution is 2.53. The molecule has 1 fully saturated rings. The molecule has 0 saturated carbocycles. The van der Waals surface area contributed by atoms with Gasteiger partial charge in [0.05, 0.1) is 9.46 Å². The largest absolute Gasteiger partial charge is 0.324 e. The lowest BCUT2D eigenvalue weighted by Crippen LogP contribution is -2.67. The van der Waals surface area contributed by atoms with E-state index in [1.807, 2.05) is 60.7 Å². The maximum Gasteiger partial charge on any atom is 0.324 e. The van der Waals surface area contributed by atoms with Crippen molar-refractivity contribution in [2.24, 2.45) is 4.99 Å². The molecule has 0 unspecified atom stereocenters. The fraction of sp³-hybridized carbons (Fsp3) is 0.148. The van der Waals surface area contributed by atoms with Gasteiger partial charge in [-0.2, -0.15) is 4.68 Å². The van der Waals surface area contributed by atoms with E-state index >= 15 is 0 Å². The van der Waals surface area contributed by atoms with Crippen molar-refractivity contribution in [3.8, 4) is 0 Å². The van der Waals surface area contributed by atoms with Crippen molar-refractivity contribution in [1.82, 2.24) is 14.5 Å². The van der Waals surface area contributed by atoms with Crippen LogP contribution in [-0.2, 0) is 11.3 Å². The Balaban J connectivity index is 1.67. The number of urea groups is 1. The van der Waals surface area contributed by atoms with Gasteiger partial charge in [0.1, 0.15) is 0 Å². The van der Waals surface area contributed by atoms with Gasteiger partial charge < -0.3 is 0 Å². The molecule has 3 aromatic carbocycles. The minimum Gasteiger partial charge on any atom is -0.295 e. The number of thiazole rings is 1. The van der Waals surface area contributed by atoms with Gasteiger partial charge in [0.2, 0.25) is 16.1 Å². The molecule has 190 valence electrons. The molecule has 0 spiro atoms. The summed E-state index contributed by atoms with van der Waals surface area (Å²) in [6.45, 7) is 0. The third-order valence-electron chi connectivity index (χ3n) is 7.15. The second kappa shape index (κ2) is 8.38. The first-order valence-corrected chi connectivity index (χ1v) is 12.6. The molecule has 11 heteroatoms. The van der Waals surface area contributed by atoms with Crippen molar-refractivity contribution >= 4 is 29.1 Å². The van der Waals surface area contributed by atoms with Crippen LogP contribution in [0.3, 0.4) is 0 Å². The number of aromatic nitrogens is 1. The van der Waals surface area contributed by atoms with E-state index in [9.17, 15) is 19.7 Å². The minimum absolute atomic E-state index is 0.0645. The molecule has 1 saturated heterocycles. The molecule has 0 bridgehead atoms. The number of nitrogens with one attached hydrogen (secondary N) is 1. The molecule has 2 atom stereocenters. The lowest BCUT2D eigenvalue weighted by atomic mass is 9.80.